The zero-order valence-electron chi connectivity index (χ0n) is 13.0. The zero-order valence-corrected chi connectivity index (χ0v) is 13.0. The van der Waals surface area contributed by atoms with Crippen molar-refractivity contribution in [2.45, 2.75) is 0 Å². The van der Waals surface area contributed by atoms with E-state index in [0.29, 0.717) is 16.7 Å². The molecule has 0 saturated carbocycles. The summed E-state index contributed by atoms with van der Waals surface area (Å²) in [5.41, 5.74) is 1.99. The van der Waals surface area contributed by atoms with E-state index < -0.39 is 5.97 Å². The molecule has 2 aromatic carbocycles. The van der Waals surface area contributed by atoms with E-state index in [9.17, 15) is 9.59 Å². The van der Waals surface area contributed by atoms with Crippen LogP contribution in [0.2, 0.25) is 0 Å². The minimum absolute atomic E-state index is 0.208. The van der Waals surface area contributed by atoms with Crippen LogP contribution >= 0.6 is 0 Å². The van der Waals surface area contributed by atoms with Crippen LogP contribution < -0.4 is 15.5 Å². The second kappa shape index (κ2) is 6.42. The number of rotatable bonds is 4. The lowest BCUT2D eigenvalue weighted by molar-refractivity contribution is -0.128. The predicted molar refractivity (Wildman–Crippen MR) is 93.3 cm³/mol. The van der Waals surface area contributed by atoms with Crippen molar-refractivity contribution >= 4 is 22.6 Å². The highest BCUT2D eigenvalue weighted by Gasteiger charge is 2.09. The maximum absolute atomic E-state index is 12.4. The summed E-state index contributed by atoms with van der Waals surface area (Å²) in [6.45, 7) is 3.33. The fourth-order valence-corrected chi connectivity index (χ4v) is 2.30. The monoisotopic (exact) mass is 321 g/mol. The van der Waals surface area contributed by atoms with Crippen molar-refractivity contribution in [3.05, 3.63) is 71.4 Å². The lowest BCUT2D eigenvalue weighted by Gasteiger charge is -2.06. The number of hydrogen-bond donors (Lipinski definition) is 1. The zero-order chi connectivity index (χ0) is 17.1. The van der Waals surface area contributed by atoms with Crippen LogP contribution in [0.15, 0.2) is 70.4 Å². The second-order valence-electron chi connectivity index (χ2n) is 5.09. The van der Waals surface area contributed by atoms with E-state index >= 15 is 0 Å². The highest BCUT2D eigenvalue weighted by Crippen LogP contribution is 2.25. The normalized spacial score (nSPS) is 10.4. The summed E-state index contributed by atoms with van der Waals surface area (Å²) in [6.07, 6.45) is 1.06. The average molecular weight is 321 g/mol. The van der Waals surface area contributed by atoms with E-state index in [0.717, 1.165) is 17.3 Å². The molecule has 0 aliphatic heterocycles. The molecule has 0 unspecified atom stereocenters. The van der Waals surface area contributed by atoms with Crippen LogP contribution in [0.1, 0.15) is 0 Å². The Bertz CT molecular complexity index is 971. The largest absolute Gasteiger partial charge is 0.456 e. The molecule has 5 heteroatoms. The van der Waals surface area contributed by atoms with E-state index in [1.54, 1.807) is 12.1 Å². The third-order valence-electron chi connectivity index (χ3n) is 3.54. The van der Waals surface area contributed by atoms with Crippen molar-refractivity contribution < 1.29 is 13.9 Å². The van der Waals surface area contributed by atoms with Gasteiger partial charge in [0, 0.05) is 30.4 Å². The number of anilines is 1. The van der Waals surface area contributed by atoms with Crippen LogP contribution in [0.5, 0.6) is 5.75 Å². The van der Waals surface area contributed by atoms with Crippen LogP contribution in [0.25, 0.3) is 22.3 Å². The first-order chi connectivity index (χ1) is 11.6. The Labute approximate surface area is 138 Å². The third kappa shape index (κ3) is 3.05. The molecule has 0 saturated heterocycles. The van der Waals surface area contributed by atoms with Crippen LogP contribution in [0, 0.1) is 0 Å². The Morgan fingerprint density at radius 3 is 2.58 bits per heavy atom. The number of nitrogens with one attached hydrogen (secondary N) is 1. The van der Waals surface area contributed by atoms with Gasteiger partial charge in [-0.2, -0.15) is 0 Å². The Hall–Kier alpha value is -3.34. The predicted octanol–water partition coefficient (Wildman–Crippen LogP) is 3.59. The molecule has 5 nitrogen and oxygen atoms in total. The topological polar surface area (TPSA) is 68.5 Å². The van der Waals surface area contributed by atoms with Crippen LogP contribution in [0.4, 0.5) is 5.69 Å². The number of carbonyl (C=O) groups excluding carboxylic acids is 1. The fraction of sp³-hybridized carbons (Fsp3) is 0.0526. The molecular weight excluding hydrogens is 306 g/mol. The lowest BCUT2D eigenvalue weighted by atomic mass is 10.1. The molecule has 0 spiro atoms. The van der Waals surface area contributed by atoms with Gasteiger partial charge in [0.1, 0.15) is 17.1 Å². The molecule has 24 heavy (non-hydrogen) atoms. The van der Waals surface area contributed by atoms with Gasteiger partial charge in [0.15, 0.2) is 5.43 Å². The Kier molecular flexibility index (Phi) is 4.16. The van der Waals surface area contributed by atoms with E-state index in [2.05, 4.69) is 11.9 Å². The Morgan fingerprint density at radius 2 is 1.92 bits per heavy atom. The quantitative estimate of drug-likeness (QED) is 0.452. The number of esters is 1. The van der Waals surface area contributed by atoms with Crippen molar-refractivity contribution in [2.24, 2.45) is 0 Å². The van der Waals surface area contributed by atoms with E-state index in [4.69, 9.17) is 9.15 Å². The molecule has 120 valence electrons. The second-order valence-corrected chi connectivity index (χ2v) is 5.09. The third-order valence-corrected chi connectivity index (χ3v) is 3.54. The van der Waals surface area contributed by atoms with Crippen molar-refractivity contribution in [3.8, 4) is 17.1 Å². The van der Waals surface area contributed by atoms with Gasteiger partial charge >= 0.3 is 5.97 Å². The molecule has 1 N–H and O–H groups in total. The van der Waals surface area contributed by atoms with Gasteiger partial charge in [-0.3, -0.25) is 4.79 Å². The molecular formula is C19H15NO4. The molecule has 0 atom stereocenters. The first kappa shape index (κ1) is 15.6. The van der Waals surface area contributed by atoms with Gasteiger partial charge in [-0.05, 0) is 42.5 Å². The maximum Gasteiger partial charge on any atom is 0.335 e. The number of ether oxygens (including phenoxy) is 1. The van der Waals surface area contributed by atoms with E-state index in [1.807, 2.05) is 31.3 Å². The van der Waals surface area contributed by atoms with Crippen LogP contribution in [-0.4, -0.2) is 13.0 Å². The number of carbonyl (C=O) groups is 1. The number of hydrogen-bond acceptors (Lipinski definition) is 5. The van der Waals surface area contributed by atoms with Gasteiger partial charge < -0.3 is 14.5 Å². The first-order valence-corrected chi connectivity index (χ1v) is 7.31. The van der Waals surface area contributed by atoms with E-state index in [-0.39, 0.29) is 11.2 Å². The molecule has 3 aromatic rings. The average Bonchev–Trinajstić information content (AvgIpc) is 2.62. The highest BCUT2D eigenvalue weighted by molar-refractivity contribution is 5.85. The minimum Gasteiger partial charge on any atom is -0.456 e. The standard InChI is InChI=1S/C19H15NO4/c1-3-19(22)23-14-8-9-17-15(10-14)16(21)11-18(24-17)12-4-6-13(20-2)7-5-12/h3-11,20H,1H2,2H3. The molecule has 0 amide bonds. The molecule has 3 rings (SSSR count). The summed E-state index contributed by atoms with van der Waals surface area (Å²) in [6, 6.07) is 13.6. The van der Waals surface area contributed by atoms with Crippen LogP contribution in [-0.2, 0) is 4.79 Å². The van der Waals surface area contributed by atoms with Crippen molar-refractivity contribution in [2.75, 3.05) is 12.4 Å². The van der Waals surface area contributed by atoms with Gasteiger partial charge in [-0.25, -0.2) is 4.79 Å². The highest BCUT2D eigenvalue weighted by atomic mass is 16.5. The molecule has 0 aliphatic carbocycles. The smallest absolute Gasteiger partial charge is 0.335 e. The maximum atomic E-state index is 12.4. The molecule has 0 bridgehead atoms. The Morgan fingerprint density at radius 1 is 1.17 bits per heavy atom. The summed E-state index contributed by atoms with van der Waals surface area (Å²) in [4.78, 5) is 23.6. The molecule has 1 heterocycles. The number of benzene rings is 2. The lowest BCUT2D eigenvalue weighted by Crippen LogP contribution is -2.05. The molecule has 0 radical (unpaired) electrons. The van der Waals surface area contributed by atoms with Gasteiger partial charge in [0.05, 0.1) is 5.39 Å². The fourth-order valence-electron chi connectivity index (χ4n) is 2.30. The van der Waals surface area contributed by atoms with Crippen molar-refractivity contribution in [1.29, 1.82) is 0 Å². The van der Waals surface area contributed by atoms with Gasteiger partial charge in [0.2, 0.25) is 0 Å². The Balaban J connectivity index is 2.03. The molecule has 1 aromatic heterocycles. The van der Waals surface area contributed by atoms with E-state index in [1.165, 1.54) is 12.1 Å². The summed E-state index contributed by atoms with van der Waals surface area (Å²) < 4.78 is 10.8. The summed E-state index contributed by atoms with van der Waals surface area (Å²) in [5.74, 6) is 0.164. The summed E-state index contributed by atoms with van der Waals surface area (Å²) >= 11 is 0. The summed E-state index contributed by atoms with van der Waals surface area (Å²) in [7, 11) is 1.84. The minimum atomic E-state index is -0.583. The first-order valence-electron chi connectivity index (χ1n) is 7.31. The van der Waals surface area contributed by atoms with Crippen LogP contribution in [0.3, 0.4) is 0 Å². The van der Waals surface area contributed by atoms with Gasteiger partial charge in [-0.1, -0.05) is 6.58 Å². The van der Waals surface area contributed by atoms with Gasteiger partial charge in [-0.15, -0.1) is 0 Å². The molecule has 0 aliphatic rings. The summed E-state index contributed by atoms with van der Waals surface area (Å²) in [5, 5.41) is 3.38. The SMILES string of the molecule is C=CC(=O)Oc1ccc2oc(-c3ccc(NC)cc3)cc(=O)c2c1. The number of fused-ring (bicyclic) bond motifs is 1. The van der Waals surface area contributed by atoms with Gasteiger partial charge in [0.25, 0.3) is 0 Å². The van der Waals surface area contributed by atoms with Crippen molar-refractivity contribution in [1.82, 2.24) is 0 Å². The van der Waals surface area contributed by atoms with Crippen molar-refractivity contribution in [3.63, 3.8) is 0 Å². The molecule has 0 fully saturated rings.